The zero-order valence-corrected chi connectivity index (χ0v) is 49.9. The number of amides is 1. The summed E-state index contributed by atoms with van der Waals surface area (Å²) in [4.78, 5) is 46.3. The van der Waals surface area contributed by atoms with E-state index in [9.17, 15) is 14.0 Å². The van der Waals surface area contributed by atoms with Crippen LogP contribution >= 0.6 is 31.9 Å². The van der Waals surface area contributed by atoms with Crippen molar-refractivity contribution in [2.24, 2.45) is 10.7 Å². The zero-order valence-electron chi connectivity index (χ0n) is 46.7. The number of nitrogens with two attached hydrogens (primary N) is 1. The molecule has 0 aliphatic carbocycles. The van der Waals surface area contributed by atoms with Crippen LogP contribution in [0.25, 0.3) is 10.9 Å². The number of carbonyl (C=O) groups excluding carboxylic acids is 1. The van der Waals surface area contributed by atoms with Crippen LogP contribution in [0, 0.1) is 315 Å². The minimum atomic E-state index is -0.740. The maximum absolute atomic E-state index is 13.5. The van der Waals surface area contributed by atoms with Crippen molar-refractivity contribution >= 4 is 60.6 Å². The Morgan fingerprint density at radius 2 is 0.811 bits per heavy atom. The molecule has 5 heterocycles. The van der Waals surface area contributed by atoms with Gasteiger partial charge in [0.25, 0.3) is 11.5 Å². The molecule has 2 saturated heterocycles. The van der Waals surface area contributed by atoms with Crippen LogP contribution in [0.2, 0.25) is 0 Å². The van der Waals surface area contributed by atoms with Crippen molar-refractivity contribution in [1.29, 1.82) is 0 Å². The molecule has 2 aliphatic heterocycles. The lowest BCUT2D eigenvalue weighted by molar-refractivity contribution is 0.0671. The third-order valence-electron chi connectivity index (χ3n) is 8.52. The number of rotatable bonds is 2. The Labute approximate surface area is 540 Å². The van der Waals surface area contributed by atoms with E-state index >= 15 is 0 Å². The molecule has 0 aromatic carbocycles. The molecule has 3 aromatic rings. The van der Waals surface area contributed by atoms with Gasteiger partial charge in [0.05, 0.1) is 64.2 Å². The van der Waals surface area contributed by atoms with E-state index in [0.717, 1.165) is 19.3 Å². The molecule has 2 fully saturated rings. The van der Waals surface area contributed by atoms with Crippen LogP contribution in [0.5, 0.6) is 0 Å². The van der Waals surface area contributed by atoms with Crippen molar-refractivity contribution in [3.8, 4) is 309 Å². The number of terminal acetylenes is 3. The summed E-state index contributed by atoms with van der Waals surface area (Å²) in [5.74, 6) is 119. The lowest BCUT2D eigenvalue weighted by Gasteiger charge is -2.27. The molecule has 0 spiro atoms. The molecule has 12 nitrogen and oxygen atoms in total. The molecule has 90 heavy (non-hydrogen) atoms. The van der Waals surface area contributed by atoms with E-state index in [2.05, 4.69) is 347 Å². The van der Waals surface area contributed by atoms with E-state index in [1.54, 1.807) is 24.2 Å². The molecule has 0 unspecified atom stereocenters. The van der Waals surface area contributed by atoms with Crippen LogP contribution in [0.3, 0.4) is 0 Å². The van der Waals surface area contributed by atoms with Crippen molar-refractivity contribution in [2.75, 3.05) is 57.5 Å². The smallest absolute Gasteiger partial charge is 0.284 e. The predicted molar refractivity (Wildman–Crippen MR) is 352 cm³/mol. The second kappa shape index (κ2) is 50.3. The number of hydrogen-bond acceptors (Lipinski definition) is 8. The predicted octanol–water partition coefficient (Wildman–Crippen LogP) is 2.66. The molecule has 15 heteroatoms. The molecular formula is C75H29Br2FN8O4. The van der Waals surface area contributed by atoms with E-state index in [4.69, 9.17) is 34.5 Å². The van der Waals surface area contributed by atoms with Crippen LogP contribution < -0.4 is 16.2 Å². The first-order chi connectivity index (χ1) is 44.2. The first-order valence-electron chi connectivity index (χ1n) is 24.3. The van der Waals surface area contributed by atoms with Gasteiger partial charge in [-0.3, -0.25) is 24.5 Å². The first-order valence-corrected chi connectivity index (χ1v) is 25.9. The molecule has 414 valence electrons. The number of hydrogen-bond donors (Lipinski definition) is 2. The number of aromatic nitrogens is 4. The number of halogens is 3. The average Bonchev–Trinajstić information content (AvgIpc) is 0.920. The van der Waals surface area contributed by atoms with Crippen LogP contribution in [-0.4, -0.2) is 89.3 Å². The fourth-order valence-electron chi connectivity index (χ4n) is 5.06. The molecule has 0 atom stereocenters. The summed E-state index contributed by atoms with van der Waals surface area (Å²) in [6.45, 7) is 6.63. The number of guanidine groups is 1. The Balaban J connectivity index is 0.000000413. The number of nitrogens with zero attached hydrogens (tertiary/aromatic N) is 6. The highest BCUT2D eigenvalue weighted by Gasteiger charge is 2.19. The largest absolute Gasteiger partial charge is 0.378 e. The number of H-pyrrole nitrogens is 1. The second-order valence-electron chi connectivity index (χ2n) is 14.2. The first kappa shape index (κ1) is 71.7. The van der Waals surface area contributed by atoms with Gasteiger partial charge in [-0.15, -0.1) is 19.3 Å². The number of pyridine rings is 2. The fraction of sp³-hybridized carbons (Fsp3) is 0.120. The van der Waals surface area contributed by atoms with E-state index in [1.165, 1.54) is 6.20 Å². The summed E-state index contributed by atoms with van der Waals surface area (Å²) in [6, 6.07) is 0. The maximum Gasteiger partial charge on any atom is 0.284 e. The van der Waals surface area contributed by atoms with Gasteiger partial charge in [-0.2, -0.15) is 4.99 Å². The van der Waals surface area contributed by atoms with Gasteiger partial charge in [-0.25, -0.2) is 9.37 Å². The highest BCUT2D eigenvalue weighted by atomic mass is 79.9. The highest BCUT2D eigenvalue weighted by molar-refractivity contribution is 9.11. The lowest BCUT2D eigenvalue weighted by Crippen LogP contribution is -2.45. The molecule has 0 bridgehead atoms. The highest BCUT2D eigenvalue weighted by Crippen LogP contribution is 2.20. The minimum absolute atomic E-state index is 0.0661. The number of carbonyl (C=O) groups is 1. The van der Waals surface area contributed by atoms with Crippen molar-refractivity contribution in [3.63, 3.8) is 0 Å². The van der Waals surface area contributed by atoms with Gasteiger partial charge in [0.15, 0.2) is 11.8 Å². The SMILES string of the molecule is C#CC#CC#CC#CC#CC#CC#CC#CC#CC#CC#CC#CC#C.C#CC#CC#CC#CC#CC#CC#CC#CC#CC#CC#CC#CC#CC.NC(=NC(=O)c1c(F)cncc1Br)N1CCOCC1.O=c1[nH]c(N2CCOCC2)nc2cncc(Br)c12. The third-order valence-corrected chi connectivity index (χ3v) is 9.72. The summed E-state index contributed by atoms with van der Waals surface area (Å²) in [5, 5.41) is 0.530. The zero-order chi connectivity index (χ0) is 65.0. The Morgan fingerprint density at radius 3 is 1.14 bits per heavy atom. The fourth-order valence-corrected chi connectivity index (χ4v) is 6.03. The number of aliphatic imine (C=N–C) groups is 1. The van der Waals surface area contributed by atoms with Crippen LogP contribution in [-0.2, 0) is 9.47 Å². The number of aromatic amines is 1. The molecule has 3 aromatic heterocycles. The van der Waals surface area contributed by atoms with Crippen LogP contribution in [0.1, 0.15) is 17.3 Å². The molecule has 2 aliphatic rings. The summed E-state index contributed by atoms with van der Waals surface area (Å²) in [6.07, 6.45) is 20.2. The third kappa shape index (κ3) is 35.4. The van der Waals surface area contributed by atoms with E-state index in [0.29, 0.717) is 60.8 Å². The summed E-state index contributed by atoms with van der Waals surface area (Å²) in [5.41, 5.74) is 5.99. The quantitative estimate of drug-likeness (QED) is 0.223. The van der Waals surface area contributed by atoms with E-state index in [1.807, 2.05) is 4.90 Å². The number of fused-ring (bicyclic) bond motifs is 1. The summed E-state index contributed by atoms with van der Waals surface area (Å²) < 4.78 is 24.9. The van der Waals surface area contributed by atoms with Gasteiger partial charge in [0.1, 0.15) is 0 Å². The van der Waals surface area contributed by atoms with Crippen molar-refractivity contribution in [2.45, 2.75) is 6.92 Å². The van der Waals surface area contributed by atoms with Gasteiger partial charge >= 0.3 is 0 Å². The topological polar surface area (TPSA) is 152 Å². The standard InChI is InChI=1S/C27H4.C26H2.C11H12BrFN4O2.C11H11BrN4O2/c1-3-5-7-9-11-13-15-17-19-21-23-25-27-26-24-22-20-18-16-14-12-10-8-6-4-2;1-3-5-7-9-11-13-15-17-19-21-23-25-26-24-22-20-18-16-14-12-10-8-6-4-2;12-7-5-15-6-8(13)9(7)10(18)16-11(14)17-1-3-19-4-2-17;12-7-5-13-6-8-9(7)10(17)15-11(14-8)16-1-3-18-4-2-16/h1H,2H3;1-2H;5-6H,1-4H2,(H2,14,16,18);5-6H,1-4H2,(H,14,15,17). The molecule has 0 saturated carbocycles. The Morgan fingerprint density at radius 1 is 0.500 bits per heavy atom. The molecular weight excluding hydrogens is 1260 g/mol. The Kier molecular flexibility index (Phi) is 40.0. The van der Waals surface area contributed by atoms with E-state index < -0.39 is 11.7 Å². The average molecular weight is 1280 g/mol. The van der Waals surface area contributed by atoms with Crippen LogP contribution in [0.15, 0.2) is 43.5 Å². The lowest BCUT2D eigenvalue weighted by atomic mass is 10.2. The number of nitrogens with one attached hydrogen (secondary N) is 1. The van der Waals surface area contributed by atoms with Gasteiger partial charge in [0.2, 0.25) is 5.95 Å². The van der Waals surface area contributed by atoms with Gasteiger partial charge in [0, 0.05) is 133 Å². The number of morpholine rings is 2. The van der Waals surface area contributed by atoms with Crippen molar-refractivity contribution < 1.29 is 18.7 Å². The monoisotopic (exact) mass is 1280 g/mol. The Hall–Kier alpha value is -14.5. The second-order valence-corrected chi connectivity index (χ2v) is 15.9. The number of anilines is 1. The Bertz CT molecular complexity index is 5000. The summed E-state index contributed by atoms with van der Waals surface area (Å²) in [7, 11) is 0. The molecule has 0 radical (unpaired) electrons. The minimum Gasteiger partial charge on any atom is -0.378 e. The molecule has 1 amide bonds. The number of ether oxygens (including phenoxy) is 2. The summed E-state index contributed by atoms with van der Waals surface area (Å²) >= 11 is 6.38. The van der Waals surface area contributed by atoms with Gasteiger partial charge in [-0.1, -0.05) is 5.92 Å². The normalized spacial score (nSPS) is 8.97. The molecule has 5 rings (SSSR count). The van der Waals surface area contributed by atoms with Crippen LogP contribution in [0.4, 0.5) is 10.3 Å². The van der Waals surface area contributed by atoms with Gasteiger partial charge in [-0.05, 0) is 228 Å². The van der Waals surface area contributed by atoms with E-state index in [-0.39, 0.29) is 21.6 Å². The molecule has 3 N–H and O–H groups in total. The van der Waals surface area contributed by atoms with Crippen molar-refractivity contribution in [3.05, 3.63) is 55.5 Å². The van der Waals surface area contributed by atoms with Crippen molar-refractivity contribution in [1.82, 2.24) is 24.8 Å². The maximum atomic E-state index is 13.5. The van der Waals surface area contributed by atoms with Gasteiger partial charge < -0.3 is 25.0 Å².